The van der Waals surface area contributed by atoms with Crippen LogP contribution in [0.4, 0.5) is 11.5 Å². The summed E-state index contributed by atoms with van der Waals surface area (Å²) in [7, 11) is 0. The van der Waals surface area contributed by atoms with Gasteiger partial charge in [0.15, 0.2) is 0 Å². The maximum atomic E-state index is 9.46. The lowest BCUT2D eigenvalue weighted by atomic mass is 9.99. The van der Waals surface area contributed by atoms with Crippen molar-refractivity contribution in [1.82, 2.24) is 9.97 Å². The Labute approximate surface area is 106 Å². The van der Waals surface area contributed by atoms with E-state index in [2.05, 4.69) is 15.3 Å². The predicted molar refractivity (Wildman–Crippen MR) is 73.4 cm³/mol. The van der Waals surface area contributed by atoms with E-state index in [1.54, 1.807) is 12.3 Å². The fourth-order valence-electron chi connectivity index (χ4n) is 1.74. The lowest BCUT2D eigenvalue weighted by Gasteiger charge is -2.28. The molecule has 0 aliphatic carbocycles. The Kier molecular flexibility index (Phi) is 3.34. The van der Waals surface area contributed by atoms with Crippen molar-refractivity contribution >= 4 is 22.5 Å². The molecule has 1 atom stereocenters. The number of pyridine rings is 2. The minimum atomic E-state index is -0.391. The van der Waals surface area contributed by atoms with Gasteiger partial charge in [0.2, 0.25) is 0 Å². The third kappa shape index (κ3) is 2.36. The first kappa shape index (κ1) is 12.6. The number of nitrogens with two attached hydrogens (primary N) is 1. The highest BCUT2D eigenvalue weighted by Gasteiger charge is 2.21. The molecule has 96 valence electrons. The van der Waals surface area contributed by atoms with Crippen molar-refractivity contribution in [3.8, 4) is 0 Å². The van der Waals surface area contributed by atoms with Gasteiger partial charge in [0.1, 0.15) is 11.3 Å². The van der Waals surface area contributed by atoms with Crippen molar-refractivity contribution in [2.45, 2.75) is 25.8 Å². The number of nitrogens with zero attached hydrogens (tertiary/aromatic N) is 2. The van der Waals surface area contributed by atoms with E-state index in [9.17, 15) is 5.11 Å². The normalized spacial score (nSPS) is 14.4. The highest BCUT2D eigenvalue weighted by atomic mass is 16.3. The molecule has 0 radical (unpaired) electrons. The fraction of sp³-hybridized carbons (Fsp3) is 0.385. The summed E-state index contributed by atoms with van der Waals surface area (Å²) < 4.78 is 0. The van der Waals surface area contributed by atoms with E-state index < -0.39 is 5.54 Å². The Morgan fingerprint density at radius 3 is 2.94 bits per heavy atom. The van der Waals surface area contributed by atoms with Crippen molar-refractivity contribution < 1.29 is 5.11 Å². The molecule has 5 heteroatoms. The maximum absolute atomic E-state index is 9.46. The molecular weight excluding hydrogens is 228 g/mol. The van der Waals surface area contributed by atoms with Gasteiger partial charge in [-0.1, -0.05) is 6.92 Å². The molecule has 5 nitrogen and oxygen atoms in total. The lowest BCUT2D eigenvalue weighted by molar-refractivity contribution is 0.219. The van der Waals surface area contributed by atoms with Gasteiger partial charge >= 0.3 is 0 Å². The van der Waals surface area contributed by atoms with Gasteiger partial charge in [0.05, 0.1) is 23.3 Å². The molecule has 2 rings (SSSR count). The number of nitrogen functional groups attached to an aromatic ring is 1. The van der Waals surface area contributed by atoms with Crippen molar-refractivity contribution in [1.29, 1.82) is 0 Å². The standard InChI is InChI=1S/C13H18N4O/c1-3-13(2,8-18)17-10-7-11(14)16-9-5-4-6-15-12(9)10/h4-7,18H,3,8H2,1-2H3,(H3,14,16,17)/t13-/m1/s1. The molecule has 4 N–H and O–H groups in total. The second-order valence-corrected chi connectivity index (χ2v) is 4.66. The zero-order valence-corrected chi connectivity index (χ0v) is 10.6. The summed E-state index contributed by atoms with van der Waals surface area (Å²) in [5.41, 5.74) is 7.71. The summed E-state index contributed by atoms with van der Waals surface area (Å²) in [6, 6.07) is 5.44. The molecule has 0 spiro atoms. The fourth-order valence-corrected chi connectivity index (χ4v) is 1.74. The van der Waals surface area contributed by atoms with E-state index in [1.165, 1.54) is 0 Å². The molecule has 0 bridgehead atoms. The molecule has 0 saturated carbocycles. The Bertz CT molecular complexity index is 552. The highest BCUT2D eigenvalue weighted by Crippen LogP contribution is 2.26. The van der Waals surface area contributed by atoms with Gasteiger partial charge in [-0.25, -0.2) is 4.98 Å². The van der Waals surface area contributed by atoms with Crippen LogP contribution < -0.4 is 11.1 Å². The number of aromatic nitrogens is 2. The van der Waals surface area contributed by atoms with Crippen LogP contribution >= 0.6 is 0 Å². The van der Waals surface area contributed by atoms with Crippen molar-refractivity contribution in [3.63, 3.8) is 0 Å². The van der Waals surface area contributed by atoms with Crippen LogP contribution in [0.1, 0.15) is 20.3 Å². The molecule has 18 heavy (non-hydrogen) atoms. The van der Waals surface area contributed by atoms with Crippen LogP contribution in [-0.2, 0) is 0 Å². The minimum absolute atomic E-state index is 0.0417. The number of hydrogen-bond donors (Lipinski definition) is 3. The van der Waals surface area contributed by atoms with Gasteiger partial charge in [-0.2, -0.15) is 0 Å². The molecule has 0 saturated heterocycles. The molecule has 0 fully saturated rings. The largest absolute Gasteiger partial charge is 0.394 e. The lowest BCUT2D eigenvalue weighted by Crippen LogP contribution is -2.38. The maximum Gasteiger partial charge on any atom is 0.126 e. The summed E-state index contributed by atoms with van der Waals surface area (Å²) in [5, 5.41) is 12.8. The van der Waals surface area contributed by atoms with E-state index in [0.29, 0.717) is 5.82 Å². The Morgan fingerprint density at radius 2 is 2.28 bits per heavy atom. The number of hydrogen-bond acceptors (Lipinski definition) is 5. The van der Waals surface area contributed by atoms with Crippen LogP contribution in [-0.4, -0.2) is 27.2 Å². The Morgan fingerprint density at radius 1 is 1.50 bits per heavy atom. The first-order chi connectivity index (χ1) is 8.58. The SMILES string of the molecule is CC[C@](C)(CO)Nc1cc(N)nc2cccnc12. The van der Waals surface area contributed by atoms with Crippen molar-refractivity contribution in [3.05, 3.63) is 24.4 Å². The minimum Gasteiger partial charge on any atom is -0.394 e. The van der Waals surface area contributed by atoms with Crippen LogP contribution in [0, 0.1) is 0 Å². The monoisotopic (exact) mass is 246 g/mol. The Hall–Kier alpha value is -1.88. The average Bonchev–Trinajstić information content (AvgIpc) is 2.38. The summed E-state index contributed by atoms with van der Waals surface area (Å²) in [6.45, 7) is 4.02. The summed E-state index contributed by atoms with van der Waals surface area (Å²) in [5.74, 6) is 0.439. The first-order valence-electron chi connectivity index (χ1n) is 5.98. The number of fused-ring (bicyclic) bond motifs is 1. The third-order valence-corrected chi connectivity index (χ3v) is 3.15. The third-order valence-electron chi connectivity index (χ3n) is 3.15. The van der Waals surface area contributed by atoms with Gasteiger partial charge in [0, 0.05) is 12.3 Å². The van der Waals surface area contributed by atoms with Gasteiger partial charge in [-0.15, -0.1) is 0 Å². The average molecular weight is 246 g/mol. The molecule has 0 aliphatic rings. The first-order valence-corrected chi connectivity index (χ1v) is 5.98. The molecule has 2 heterocycles. The molecular formula is C13H18N4O. The quantitative estimate of drug-likeness (QED) is 0.766. The zero-order valence-electron chi connectivity index (χ0n) is 10.6. The van der Waals surface area contributed by atoms with Crippen LogP contribution in [0.25, 0.3) is 11.0 Å². The molecule has 0 amide bonds. The van der Waals surface area contributed by atoms with E-state index in [-0.39, 0.29) is 6.61 Å². The molecule has 2 aromatic rings. The zero-order chi connectivity index (χ0) is 13.2. The number of aliphatic hydroxyl groups is 1. The number of nitrogens with one attached hydrogen (secondary N) is 1. The summed E-state index contributed by atoms with van der Waals surface area (Å²) in [6.07, 6.45) is 2.51. The van der Waals surface area contributed by atoms with Crippen LogP contribution in [0.2, 0.25) is 0 Å². The number of anilines is 2. The van der Waals surface area contributed by atoms with Crippen molar-refractivity contribution in [2.75, 3.05) is 17.7 Å². The second kappa shape index (κ2) is 4.78. The van der Waals surface area contributed by atoms with E-state index in [1.807, 2.05) is 26.0 Å². The Balaban J connectivity index is 2.50. The molecule has 2 aromatic heterocycles. The van der Waals surface area contributed by atoms with Gasteiger partial charge in [-0.3, -0.25) is 4.98 Å². The van der Waals surface area contributed by atoms with E-state index in [4.69, 9.17) is 5.73 Å². The number of rotatable bonds is 4. The second-order valence-electron chi connectivity index (χ2n) is 4.66. The van der Waals surface area contributed by atoms with Gasteiger partial charge in [-0.05, 0) is 25.5 Å². The highest BCUT2D eigenvalue weighted by molar-refractivity contribution is 5.89. The van der Waals surface area contributed by atoms with Gasteiger partial charge < -0.3 is 16.2 Å². The molecule has 0 aliphatic heterocycles. The topological polar surface area (TPSA) is 84.1 Å². The van der Waals surface area contributed by atoms with Crippen LogP contribution in [0.5, 0.6) is 0 Å². The van der Waals surface area contributed by atoms with Crippen molar-refractivity contribution in [2.24, 2.45) is 0 Å². The predicted octanol–water partition coefficient (Wildman–Crippen LogP) is 1.78. The molecule has 0 unspecified atom stereocenters. The number of aliphatic hydroxyl groups excluding tert-OH is 1. The van der Waals surface area contributed by atoms with Gasteiger partial charge in [0.25, 0.3) is 0 Å². The van der Waals surface area contributed by atoms with Crippen LogP contribution in [0.3, 0.4) is 0 Å². The summed E-state index contributed by atoms with van der Waals surface area (Å²) in [4.78, 5) is 8.54. The van der Waals surface area contributed by atoms with Crippen LogP contribution in [0.15, 0.2) is 24.4 Å². The van der Waals surface area contributed by atoms with E-state index >= 15 is 0 Å². The summed E-state index contributed by atoms with van der Waals surface area (Å²) >= 11 is 0. The van der Waals surface area contributed by atoms with E-state index in [0.717, 1.165) is 23.1 Å². The smallest absolute Gasteiger partial charge is 0.126 e. The molecule has 0 aromatic carbocycles.